The Hall–Kier alpha value is -0.930. The van der Waals surface area contributed by atoms with Gasteiger partial charge in [-0.1, -0.05) is 13.0 Å². The van der Waals surface area contributed by atoms with Crippen molar-refractivity contribution in [3.05, 3.63) is 34.6 Å². The minimum atomic E-state index is -0.130. The van der Waals surface area contributed by atoms with Crippen molar-refractivity contribution in [3.63, 3.8) is 0 Å². The Morgan fingerprint density at radius 2 is 2.11 bits per heavy atom. The van der Waals surface area contributed by atoms with E-state index in [4.69, 9.17) is 4.74 Å². The molecule has 1 N–H and O–H groups in total. The van der Waals surface area contributed by atoms with Gasteiger partial charge in [-0.15, -0.1) is 0 Å². The zero-order valence-corrected chi connectivity index (χ0v) is 11.6. The summed E-state index contributed by atoms with van der Waals surface area (Å²) in [6, 6.07) is 3.57. The average molecular weight is 251 g/mol. The number of aryl methyl sites for hydroxylation is 2. The van der Waals surface area contributed by atoms with Crippen molar-refractivity contribution < 1.29 is 9.13 Å². The summed E-state index contributed by atoms with van der Waals surface area (Å²) in [5, 5.41) is 3.23. The summed E-state index contributed by atoms with van der Waals surface area (Å²) in [4.78, 5) is 0. The van der Waals surface area contributed by atoms with Crippen LogP contribution < -0.4 is 5.32 Å². The summed E-state index contributed by atoms with van der Waals surface area (Å²) in [5.41, 5.74) is 2.71. The smallest absolute Gasteiger partial charge is 0.128 e. The summed E-state index contributed by atoms with van der Waals surface area (Å²) in [6.45, 7) is 6.83. The second-order valence-corrected chi connectivity index (χ2v) is 5.35. The minimum Gasteiger partial charge on any atom is -0.376 e. The fourth-order valence-electron chi connectivity index (χ4n) is 2.94. The molecule has 2 nitrogen and oxygen atoms in total. The summed E-state index contributed by atoms with van der Waals surface area (Å²) < 4.78 is 20.0. The Labute approximate surface area is 109 Å². The standard InChI is InChI=1S/C15H22FNO/c1-9-7-11(3)13(12(16)8-9)14(17-4)15-10(2)5-6-18-15/h7-8,10,14-15,17H,5-6H2,1-4H3. The molecule has 1 aliphatic heterocycles. The second-order valence-electron chi connectivity index (χ2n) is 5.35. The van der Waals surface area contributed by atoms with E-state index in [9.17, 15) is 4.39 Å². The first-order valence-electron chi connectivity index (χ1n) is 6.60. The molecule has 0 amide bonds. The zero-order valence-electron chi connectivity index (χ0n) is 11.6. The predicted octanol–water partition coefficient (Wildman–Crippen LogP) is 3.13. The van der Waals surface area contributed by atoms with Crippen molar-refractivity contribution in [1.82, 2.24) is 5.32 Å². The van der Waals surface area contributed by atoms with Crippen molar-refractivity contribution in [3.8, 4) is 0 Å². The highest BCUT2D eigenvalue weighted by Gasteiger charge is 2.34. The maximum Gasteiger partial charge on any atom is 0.128 e. The SMILES string of the molecule is CNC(c1c(C)cc(C)cc1F)C1OCCC1C. The first-order valence-corrected chi connectivity index (χ1v) is 6.60. The van der Waals surface area contributed by atoms with E-state index in [1.165, 1.54) is 0 Å². The van der Waals surface area contributed by atoms with Gasteiger partial charge in [-0.25, -0.2) is 4.39 Å². The topological polar surface area (TPSA) is 21.3 Å². The van der Waals surface area contributed by atoms with Gasteiger partial charge in [0, 0.05) is 12.2 Å². The number of likely N-dealkylation sites (N-methyl/N-ethyl adjacent to an activating group) is 1. The van der Waals surface area contributed by atoms with Gasteiger partial charge < -0.3 is 10.1 Å². The fourth-order valence-corrected chi connectivity index (χ4v) is 2.94. The highest BCUT2D eigenvalue weighted by Crippen LogP contribution is 2.34. The van der Waals surface area contributed by atoms with Crippen molar-refractivity contribution >= 4 is 0 Å². The molecule has 0 aromatic heterocycles. The summed E-state index contributed by atoms with van der Waals surface area (Å²) in [5.74, 6) is 0.331. The van der Waals surface area contributed by atoms with Crippen LogP contribution in [0.5, 0.6) is 0 Å². The first-order chi connectivity index (χ1) is 8.54. The molecule has 1 aromatic carbocycles. The van der Waals surface area contributed by atoms with E-state index in [-0.39, 0.29) is 18.0 Å². The van der Waals surface area contributed by atoms with E-state index in [0.29, 0.717) is 5.92 Å². The molecule has 100 valence electrons. The summed E-state index contributed by atoms with van der Waals surface area (Å²) in [7, 11) is 1.87. The van der Waals surface area contributed by atoms with Gasteiger partial charge in [-0.2, -0.15) is 0 Å². The second kappa shape index (κ2) is 5.37. The normalized spacial score (nSPS) is 25.4. The van der Waals surface area contributed by atoms with Crippen molar-refractivity contribution in [1.29, 1.82) is 0 Å². The van der Waals surface area contributed by atoms with E-state index >= 15 is 0 Å². The highest BCUT2D eigenvalue weighted by atomic mass is 19.1. The van der Waals surface area contributed by atoms with Crippen LogP contribution in [-0.2, 0) is 4.74 Å². The van der Waals surface area contributed by atoms with Crippen LogP contribution in [0.2, 0.25) is 0 Å². The van der Waals surface area contributed by atoms with E-state index in [2.05, 4.69) is 12.2 Å². The number of hydrogen-bond acceptors (Lipinski definition) is 2. The van der Waals surface area contributed by atoms with Crippen LogP contribution in [0.15, 0.2) is 12.1 Å². The molecule has 1 fully saturated rings. The molecule has 3 atom stereocenters. The lowest BCUT2D eigenvalue weighted by Crippen LogP contribution is -2.33. The monoisotopic (exact) mass is 251 g/mol. The lowest BCUT2D eigenvalue weighted by Gasteiger charge is -2.28. The van der Waals surface area contributed by atoms with E-state index in [1.54, 1.807) is 6.07 Å². The van der Waals surface area contributed by atoms with Crippen LogP contribution >= 0.6 is 0 Å². The first kappa shape index (κ1) is 13.5. The van der Waals surface area contributed by atoms with Crippen molar-refractivity contribution in [2.45, 2.75) is 39.3 Å². The largest absolute Gasteiger partial charge is 0.376 e. The number of rotatable bonds is 3. The van der Waals surface area contributed by atoms with Gasteiger partial charge in [0.2, 0.25) is 0 Å². The number of halogens is 1. The lowest BCUT2D eigenvalue weighted by atomic mass is 9.89. The number of hydrogen-bond donors (Lipinski definition) is 1. The van der Waals surface area contributed by atoms with Gasteiger partial charge in [0.05, 0.1) is 12.1 Å². The maximum absolute atomic E-state index is 14.2. The van der Waals surface area contributed by atoms with Crippen molar-refractivity contribution in [2.75, 3.05) is 13.7 Å². The molecular weight excluding hydrogens is 229 g/mol. The third-order valence-electron chi connectivity index (χ3n) is 3.88. The van der Waals surface area contributed by atoms with Gasteiger partial charge in [-0.3, -0.25) is 0 Å². The van der Waals surface area contributed by atoms with Gasteiger partial charge in [0.1, 0.15) is 5.82 Å². The van der Waals surface area contributed by atoms with E-state index in [0.717, 1.165) is 29.7 Å². The Morgan fingerprint density at radius 3 is 2.61 bits per heavy atom. The molecule has 1 saturated heterocycles. The van der Waals surface area contributed by atoms with Gasteiger partial charge in [-0.05, 0) is 50.4 Å². The van der Waals surface area contributed by atoms with Crippen LogP contribution in [0.4, 0.5) is 4.39 Å². The maximum atomic E-state index is 14.2. The Morgan fingerprint density at radius 1 is 1.39 bits per heavy atom. The molecule has 1 aromatic rings. The van der Waals surface area contributed by atoms with Crippen molar-refractivity contribution in [2.24, 2.45) is 5.92 Å². The third kappa shape index (κ3) is 2.43. The van der Waals surface area contributed by atoms with Gasteiger partial charge in [0.25, 0.3) is 0 Å². The molecular formula is C15H22FNO. The molecule has 0 bridgehead atoms. The van der Waals surface area contributed by atoms with Crippen LogP contribution in [0.25, 0.3) is 0 Å². The van der Waals surface area contributed by atoms with E-state index in [1.807, 2.05) is 27.0 Å². The number of nitrogens with one attached hydrogen (secondary N) is 1. The summed E-state index contributed by atoms with van der Waals surface area (Å²) in [6.07, 6.45) is 1.11. The third-order valence-corrected chi connectivity index (χ3v) is 3.88. The van der Waals surface area contributed by atoms with Gasteiger partial charge in [0.15, 0.2) is 0 Å². The molecule has 18 heavy (non-hydrogen) atoms. The van der Waals surface area contributed by atoms with Crippen LogP contribution in [0, 0.1) is 25.6 Å². The fraction of sp³-hybridized carbons (Fsp3) is 0.600. The van der Waals surface area contributed by atoms with Gasteiger partial charge >= 0.3 is 0 Å². The molecule has 1 aliphatic rings. The van der Waals surface area contributed by atoms with Crippen LogP contribution in [0.3, 0.4) is 0 Å². The quantitative estimate of drug-likeness (QED) is 0.891. The minimum absolute atomic E-state index is 0.0610. The zero-order chi connectivity index (χ0) is 13.3. The molecule has 0 spiro atoms. The molecule has 1 heterocycles. The Kier molecular flexibility index (Phi) is 4.03. The number of ether oxygens (including phenoxy) is 1. The molecule has 0 saturated carbocycles. The van der Waals surface area contributed by atoms with Crippen LogP contribution in [-0.4, -0.2) is 19.8 Å². The molecule has 2 rings (SSSR count). The predicted molar refractivity (Wildman–Crippen MR) is 71.2 cm³/mol. The average Bonchev–Trinajstić information content (AvgIpc) is 2.69. The summed E-state index contributed by atoms with van der Waals surface area (Å²) >= 11 is 0. The lowest BCUT2D eigenvalue weighted by molar-refractivity contribution is 0.0618. The molecule has 0 radical (unpaired) electrons. The van der Waals surface area contributed by atoms with Crippen LogP contribution in [0.1, 0.15) is 36.1 Å². The molecule has 0 aliphatic carbocycles. The Balaban J connectivity index is 2.38. The highest BCUT2D eigenvalue weighted by molar-refractivity contribution is 5.35. The van der Waals surface area contributed by atoms with E-state index < -0.39 is 0 Å². The molecule has 3 unspecified atom stereocenters. The Bertz CT molecular complexity index is 409. The molecule has 3 heteroatoms. The number of benzene rings is 1.